The summed E-state index contributed by atoms with van der Waals surface area (Å²) in [6.45, 7) is 3.90. The number of rotatable bonds is 3. The minimum Gasteiger partial charge on any atom is -0.497 e. The van der Waals surface area contributed by atoms with Gasteiger partial charge in [0.1, 0.15) is 5.75 Å². The van der Waals surface area contributed by atoms with Crippen LogP contribution >= 0.6 is 0 Å². The standard InChI is InChI=1S/C16H18N2O2/c1-11-5-4-6-13(9-11)17-16(19)18-15-8-7-14(20-3)10-12(15)2/h4-10H,1-3H3,(H2,17,18,19). The van der Waals surface area contributed by atoms with Gasteiger partial charge in [-0.05, 0) is 55.3 Å². The van der Waals surface area contributed by atoms with E-state index in [-0.39, 0.29) is 6.03 Å². The second-order valence-corrected chi connectivity index (χ2v) is 4.63. The number of hydrogen-bond donors (Lipinski definition) is 2. The van der Waals surface area contributed by atoms with E-state index in [0.717, 1.165) is 28.3 Å². The Bertz CT molecular complexity index is 624. The number of hydrogen-bond acceptors (Lipinski definition) is 2. The van der Waals surface area contributed by atoms with Crippen molar-refractivity contribution in [2.24, 2.45) is 0 Å². The predicted molar refractivity (Wildman–Crippen MR) is 81.6 cm³/mol. The zero-order chi connectivity index (χ0) is 14.5. The van der Waals surface area contributed by atoms with Crippen molar-refractivity contribution in [3.8, 4) is 5.75 Å². The number of amides is 2. The van der Waals surface area contributed by atoms with Crippen molar-refractivity contribution >= 4 is 17.4 Å². The van der Waals surface area contributed by atoms with Gasteiger partial charge in [-0.3, -0.25) is 0 Å². The van der Waals surface area contributed by atoms with Crippen LogP contribution in [0.15, 0.2) is 42.5 Å². The highest BCUT2D eigenvalue weighted by Crippen LogP contribution is 2.21. The molecule has 0 aliphatic carbocycles. The Labute approximate surface area is 118 Å². The Kier molecular flexibility index (Phi) is 4.25. The minimum atomic E-state index is -0.260. The van der Waals surface area contributed by atoms with Gasteiger partial charge in [-0.25, -0.2) is 4.79 Å². The molecule has 4 heteroatoms. The van der Waals surface area contributed by atoms with Crippen molar-refractivity contribution in [2.45, 2.75) is 13.8 Å². The molecule has 0 fully saturated rings. The molecule has 4 nitrogen and oxygen atoms in total. The summed E-state index contributed by atoms with van der Waals surface area (Å²) >= 11 is 0. The highest BCUT2D eigenvalue weighted by molar-refractivity contribution is 6.00. The second kappa shape index (κ2) is 6.10. The molecule has 0 heterocycles. The third kappa shape index (κ3) is 3.51. The number of nitrogens with one attached hydrogen (secondary N) is 2. The Balaban J connectivity index is 2.05. The zero-order valence-corrected chi connectivity index (χ0v) is 11.9. The maximum atomic E-state index is 11.9. The number of benzene rings is 2. The number of anilines is 2. The van der Waals surface area contributed by atoms with Crippen LogP contribution in [0.3, 0.4) is 0 Å². The van der Waals surface area contributed by atoms with E-state index in [4.69, 9.17) is 4.74 Å². The summed E-state index contributed by atoms with van der Waals surface area (Å²) in [5, 5.41) is 5.63. The first-order chi connectivity index (χ1) is 9.58. The largest absolute Gasteiger partial charge is 0.497 e. The molecular weight excluding hydrogens is 252 g/mol. The van der Waals surface area contributed by atoms with Gasteiger partial charge >= 0.3 is 6.03 Å². The van der Waals surface area contributed by atoms with Crippen molar-refractivity contribution in [1.82, 2.24) is 0 Å². The highest BCUT2D eigenvalue weighted by atomic mass is 16.5. The van der Waals surface area contributed by atoms with Crippen LogP contribution in [0.2, 0.25) is 0 Å². The molecule has 20 heavy (non-hydrogen) atoms. The van der Waals surface area contributed by atoms with Gasteiger partial charge in [-0.2, -0.15) is 0 Å². The van der Waals surface area contributed by atoms with Crippen molar-refractivity contribution < 1.29 is 9.53 Å². The summed E-state index contributed by atoms with van der Waals surface area (Å²) in [7, 11) is 1.62. The molecule has 104 valence electrons. The van der Waals surface area contributed by atoms with Crippen LogP contribution in [-0.2, 0) is 0 Å². The molecule has 0 unspecified atom stereocenters. The average molecular weight is 270 g/mol. The Hall–Kier alpha value is -2.49. The van der Waals surface area contributed by atoms with Crippen molar-refractivity contribution in [3.63, 3.8) is 0 Å². The Morgan fingerprint density at radius 3 is 2.50 bits per heavy atom. The van der Waals surface area contributed by atoms with E-state index in [1.807, 2.05) is 56.3 Å². The number of carbonyl (C=O) groups excluding carboxylic acids is 1. The monoisotopic (exact) mass is 270 g/mol. The fourth-order valence-corrected chi connectivity index (χ4v) is 1.91. The summed E-state index contributed by atoms with van der Waals surface area (Å²) in [6, 6.07) is 12.9. The van der Waals surface area contributed by atoms with Gasteiger partial charge in [0.15, 0.2) is 0 Å². The van der Waals surface area contributed by atoms with Crippen LogP contribution < -0.4 is 15.4 Å². The molecule has 0 radical (unpaired) electrons. The van der Waals surface area contributed by atoms with Crippen LogP contribution in [0.25, 0.3) is 0 Å². The van der Waals surface area contributed by atoms with Crippen LogP contribution in [-0.4, -0.2) is 13.1 Å². The SMILES string of the molecule is COc1ccc(NC(=O)Nc2cccc(C)c2)c(C)c1. The van der Waals surface area contributed by atoms with Crippen LogP contribution in [0, 0.1) is 13.8 Å². The predicted octanol–water partition coefficient (Wildman–Crippen LogP) is 3.96. The van der Waals surface area contributed by atoms with Crippen LogP contribution in [0.4, 0.5) is 16.2 Å². The smallest absolute Gasteiger partial charge is 0.323 e. The number of aryl methyl sites for hydroxylation is 2. The van der Waals surface area contributed by atoms with Crippen LogP contribution in [0.5, 0.6) is 5.75 Å². The van der Waals surface area contributed by atoms with E-state index in [1.54, 1.807) is 7.11 Å². The number of urea groups is 1. The van der Waals surface area contributed by atoms with Gasteiger partial charge in [0.05, 0.1) is 7.11 Å². The molecule has 0 aliphatic heterocycles. The summed E-state index contributed by atoms with van der Waals surface area (Å²) in [4.78, 5) is 11.9. The van der Waals surface area contributed by atoms with Crippen molar-refractivity contribution in [1.29, 1.82) is 0 Å². The maximum absolute atomic E-state index is 11.9. The number of ether oxygens (including phenoxy) is 1. The molecule has 2 rings (SSSR count). The van der Waals surface area contributed by atoms with E-state index in [0.29, 0.717) is 0 Å². The first kappa shape index (κ1) is 13.9. The minimum absolute atomic E-state index is 0.260. The molecule has 2 N–H and O–H groups in total. The average Bonchev–Trinajstić information content (AvgIpc) is 2.41. The fourth-order valence-electron chi connectivity index (χ4n) is 1.91. The van der Waals surface area contributed by atoms with Gasteiger partial charge in [-0.15, -0.1) is 0 Å². The number of carbonyl (C=O) groups is 1. The highest BCUT2D eigenvalue weighted by Gasteiger charge is 2.06. The molecule has 0 spiro atoms. The second-order valence-electron chi connectivity index (χ2n) is 4.63. The van der Waals surface area contributed by atoms with Gasteiger partial charge in [0.25, 0.3) is 0 Å². The Morgan fingerprint density at radius 2 is 1.85 bits per heavy atom. The third-order valence-corrected chi connectivity index (χ3v) is 2.96. The molecule has 0 bridgehead atoms. The van der Waals surface area contributed by atoms with E-state index in [2.05, 4.69) is 10.6 Å². The lowest BCUT2D eigenvalue weighted by molar-refractivity contribution is 0.262. The van der Waals surface area contributed by atoms with E-state index in [1.165, 1.54) is 0 Å². The lowest BCUT2D eigenvalue weighted by atomic mass is 10.2. The summed E-state index contributed by atoms with van der Waals surface area (Å²) < 4.78 is 5.14. The van der Waals surface area contributed by atoms with Crippen molar-refractivity contribution in [3.05, 3.63) is 53.6 Å². The molecule has 2 aromatic rings. The van der Waals surface area contributed by atoms with Gasteiger partial charge < -0.3 is 15.4 Å². The third-order valence-electron chi connectivity index (χ3n) is 2.96. The van der Waals surface area contributed by atoms with E-state index < -0.39 is 0 Å². The maximum Gasteiger partial charge on any atom is 0.323 e. The summed E-state index contributed by atoms with van der Waals surface area (Å²) in [6.07, 6.45) is 0. The van der Waals surface area contributed by atoms with Gasteiger partial charge in [0, 0.05) is 11.4 Å². The first-order valence-corrected chi connectivity index (χ1v) is 6.38. The zero-order valence-electron chi connectivity index (χ0n) is 11.9. The van der Waals surface area contributed by atoms with Gasteiger partial charge in [-0.1, -0.05) is 12.1 Å². The van der Waals surface area contributed by atoms with E-state index >= 15 is 0 Å². The molecule has 0 aliphatic rings. The molecule has 0 saturated heterocycles. The number of methoxy groups -OCH3 is 1. The molecular formula is C16H18N2O2. The fraction of sp³-hybridized carbons (Fsp3) is 0.188. The first-order valence-electron chi connectivity index (χ1n) is 6.38. The lowest BCUT2D eigenvalue weighted by Gasteiger charge is -2.11. The molecule has 0 atom stereocenters. The molecule has 2 aromatic carbocycles. The van der Waals surface area contributed by atoms with Crippen LogP contribution in [0.1, 0.15) is 11.1 Å². The van der Waals surface area contributed by atoms with E-state index in [9.17, 15) is 4.79 Å². The summed E-state index contributed by atoms with van der Waals surface area (Å²) in [5.41, 5.74) is 3.58. The quantitative estimate of drug-likeness (QED) is 0.887. The molecule has 2 amide bonds. The summed E-state index contributed by atoms with van der Waals surface area (Å²) in [5.74, 6) is 0.771. The topological polar surface area (TPSA) is 50.4 Å². The Morgan fingerprint density at radius 1 is 1.05 bits per heavy atom. The molecule has 0 saturated carbocycles. The van der Waals surface area contributed by atoms with Crippen molar-refractivity contribution in [2.75, 3.05) is 17.7 Å². The molecule has 0 aromatic heterocycles. The lowest BCUT2D eigenvalue weighted by Crippen LogP contribution is -2.19. The normalized spacial score (nSPS) is 9.95. The van der Waals surface area contributed by atoms with Gasteiger partial charge in [0.2, 0.25) is 0 Å².